The molecular formula is C30H39FN4O4. The van der Waals surface area contributed by atoms with Crippen LogP contribution in [-0.4, -0.2) is 59.7 Å². The minimum Gasteiger partial charge on any atom is -0.444 e. The number of fused-ring (bicyclic) bond motifs is 1. The summed E-state index contributed by atoms with van der Waals surface area (Å²) in [5.74, 6) is -0.0244. The standard InChI is InChI=1S/C30H39FN4O4/c1-30(2,3)38-29(37)35-16-14-20(15-17-35)6-13-26-24-12-7-21(25(19-34(4)5)28(24)39-33-26)18-27(36)32-23-10-8-22(31)9-11-23/h7-12,20H,6,13-19H2,1-5H3,(H,32,36). The number of hydrogen-bond acceptors (Lipinski definition) is 6. The van der Waals surface area contributed by atoms with E-state index in [9.17, 15) is 14.0 Å². The molecular weight excluding hydrogens is 499 g/mol. The van der Waals surface area contributed by atoms with Gasteiger partial charge in [0.1, 0.15) is 11.4 Å². The topological polar surface area (TPSA) is 87.9 Å². The fourth-order valence-electron chi connectivity index (χ4n) is 4.97. The average molecular weight is 539 g/mol. The first kappa shape index (κ1) is 28.5. The Morgan fingerprint density at radius 3 is 2.46 bits per heavy atom. The molecule has 0 atom stereocenters. The molecule has 8 nitrogen and oxygen atoms in total. The lowest BCUT2D eigenvalue weighted by Gasteiger charge is -2.33. The zero-order chi connectivity index (χ0) is 28.2. The lowest BCUT2D eigenvalue weighted by Crippen LogP contribution is -2.41. The third-order valence-electron chi connectivity index (χ3n) is 6.92. The molecule has 1 fully saturated rings. The van der Waals surface area contributed by atoms with Crippen molar-refractivity contribution in [2.45, 2.75) is 65.0 Å². The predicted octanol–water partition coefficient (Wildman–Crippen LogP) is 5.79. The summed E-state index contributed by atoms with van der Waals surface area (Å²) in [5.41, 5.74) is 3.51. The smallest absolute Gasteiger partial charge is 0.410 e. The van der Waals surface area contributed by atoms with Crippen LogP contribution in [0.4, 0.5) is 14.9 Å². The van der Waals surface area contributed by atoms with Crippen LogP contribution >= 0.6 is 0 Å². The van der Waals surface area contributed by atoms with Crippen LogP contribution in [-0.2, 0) is 28.9 Å². The van der Waals surface area contributed by atoms with E-state index in [4.69, 9.17) is 9.26 Å². The van der Waals surface area contributed by atoms with Crippen molar-refractivity contribution in [2.75, 3.05) is 32.5 Å². The van der Waals surface area contributed by atoms with Gasteiger partial charge in [-0.3, -0.25) is 4.79 Å². The SMILES string of the molecule is CN(C)Cc1c(CC(=O)Nc2ccc(F)cc2)ccc2c(CCC3CCN(C(=O)OC(C)(C)C)CC3)noc12. The molecule has 2 aromatic carbocycles. The van der Waals surface area contributed by atoms with Gasteiger partial charge in [0.05, 0.1) is 12.1 Å². The molecule has 1 aliphatic rings. The molecule has 9 heteroatoms. The van der Waals surface area contributed by atoms with E-state index in [1.165, 1.54) is 12.1 Å². The second-order valence-electron chi connectivity index (χ2n) is 11.6. The van der Waals surface area contributed by atoms with E-state index in [2.05, 4.69) is 10.5 Å². The van der Waals surface area contributed by atoms with Gasteiger partial charge in [0.25, 0.3) is 0 Å². The highest BCUT2D eigenvalue weighted by Crippen LogP contribution is 2.30. The van der Waals surface area contributed by atoms with Gasteiger partial charge in [-0.25, -0.2) is 9.18 Å². The number of nitrogens with zero attached hydrogens (tertiary/aromatic N) is 3. The molecule has 0 spiro atoms. The Bertz CT molecular complexity index is 1290. The Morgan fingerprint density at radius 2 is 1.82 bits per heavy atom. The highest BCUT2D eigenvalue weighted by molar-refractivity contribution is 5.93. The maximum atomic E-state index is 13.2. The van der Waals surface area contributed by atoms with E-state index >= 15 is 0 Å². The van der Waals surface area contributed by atoms with Crippen molar-refractivity contribution in [1.82, 2.24) is 15.0 Å². The van der Waals surface area contributed by atoms with E-state index in [-0.39, 0.29) is 24.2 Å². The second-order valence-corrected chi connectivity index (χ2v) is 11.6. The van der Waals surface area contributed by atoms with Crippen LogP contribution < -0.4 is 5.32 Å². The zero-order valence-corrected chi connectivity index (χ0v) is 23.6. The number of anilines is 1. The van der Waals surface area contributed by atoms with Gasteiger partial charge in [-0.15, -0.1) is 0 Å². The normalized spacial score (nSPS) is 14.7. The van der Waals surface area contributed by atoms with Gasteiger partial charge < -0.3 is 24.4 Å². The number of piperidine rings is 1. The van der Waals surface area contributed by atoms with Crippen LogP contribution in [0.3, 0.4) is 0 Å². The molecule has 4 rings (SSSR count). The quantitative estimate of drug-likeness (QED) is 0.391. The van der Waals surface area contributed by atoms with Crippen LogP contribution in [0.1, 0.15) is 56.9 Å². The van der Waals surface area contributed by atoms with Crippen molar-refractivity contribution < 1.29 is 23.2 Å². The van der Waals surface area contributed by atoms with Gasteiger partial charge in [0, 0.05) is 36.3 Å². The zero-order valence-electron chi connectivity index (χ0n) is 23.6. The summed E-state index contributed by atoms with van der Waals surface area (Å²) < 4.78 is 24.6. The number of ether oxygens (including phenoxy) is 1. The number of rotatable bonds is 8. The molecule has 0 bridgehead atoms. The molecule has 2 amide bonds. The number of carbonyl (C=O) groups is 2. The molecule has 1 aliphatic heterocycles. The number of aromatic nitrogens is 1. The third kappa shape index (κ3) is 7.79. The van der Waals surface area contributed by atoms with Gasteiger partial charge in [0.2, 0.25) is 5.91 Å². The van der Waals surface area contributed by atoms with Crippen molar-refractivity contribution in [2.24, 2.45) is 5.92 Å². The number of aryl methyl sites for hydroxylation is 1. The number of amides is 2. The first-order valence-corrected chi connectivity index (χ1v) is 13.6. The van der Waals surface area contributed by atoms with Crippen molar-refractivity contribution >= 4 is 28.7 Å². The summed E-state index contributed by atoms with van der Waals surface area (Å²) in [5, 5.41) is 8.22. The third-order valence-corrected chi connectivity index (χ3v) is 6.92. The molecule has 2 heterocycles. The number of benzene rings is 2. The maximum absolute atomic E-state index is 13.2. The van der Waals surface area contributed by atoms with Crippen LogP contribution in [0.15, 0.2) is 40.9 Å². The summed E-state index contributed by atoms with van der Waals surface area (Å²) in [6, 6.07) is 9.69. The highest BCUT2D eigenvalue weighted by atomic mass is 19.1. The van der Waals surface area contributed by atoms with E-state index in [0.29, 0.717) is 36.8 Å². The molecule has 0 saturated carbocycles. The number of carbonyl (C=O) groups excluding carboxylic acids is 2. The molecule has 3 aromatic rings. The predicted molar refractivity (Wildman–Crippen MR) is 149 cm³/mol. The summed E-state index contributed by atoms with van der Waals surface area (Å²) >= 11 is 0. The van der Waals surface area contributed by atoms with E-state index in [1.54, 1.807) is 17.0 Å². The fraction of sp³-hybridized carbons (Fsp3) is 0.500. The van der Waals surface area contributed by atoms with Gasteiger partial charge in [-0.05, 0) is 102 Å². The molecule has 210 valence electrons. The van der Waals surface area contributed by atoms with Crippen molar-refractivity contribution in [1.29, 1.82) is 0 Å². The number of hydrogen-bond donors (Lipinski definition) is 1. The molecule has 1 N–H and O–H groups in total. The molecule has 1 aromatic heterocycles. The Morgan fingerprint density at radius 1 is 1.13 bits per heavy atom. The van der Waals surface area contributed by atoms with Gasteiger partial charge >= 0.3 is 6.09 Å². The molecule has 39 heavy (non-hydrogen) atoms. The Balaban J connectivity index is 1.40. The largest absolute Gasteiger partial charge is 0.444 e. The first-order valence-electron chi connectivity index (χ1n) is 13.6. The van der Waals surface area contributed by atoms with E-state index < -0.39 is 5.60 Å². The van der Waals surface area contributed by atoms with Crippen LogP contribution in [0, 0.1) is 11.7 Å². The summed E-state index contributed by atoms with van der Waals surface area (Å²) in [6.07, 6.45) is 3.56. The van der Waals surface area contributed by atoms with E-state index in [0.717, 1.165) is 47.9 Å². The van der Waals surface area contributed by atoms with Crippen LogP contribution in [0.5, 0.6) is 0 Å². The monoisotopic (exact) mass is 538 g/mol. The average Bonchev–Trinajstić information content (AvgIpc) is 3.28. The summed E-state index contributed by atoms with van der Waals surface area (Å²) in [6.45, 7) is 7.67. The molecule has 1 saturated heterocycles. The molecule has 0 unspecified atom stereocenters. The van der Waals surface area contributed by atoms with Crippen molar-refractivity contribution in [3.05, 3.63) is 59.0 Å². The number of nitrogens with one attached hydrogen (secondary N) is 1. The van der Waals surface area contributed by atoms with Crippen LogP contribution in [0.2, 0.25) is 0 Å². The minimum absolute atomic E-state index is 0.169. The second kappa shape index (κ2) is 12.2. The summed E-state index contributed by atoms with van der Waals surface area (Å²) in [4.78, 5) is 29.0. The number of likely N-dealkylation sites (tertiary alicyclic amines) is 1. The van der Waals surface area contributed by atoms with Crippen molar-refractivity contribution in [3.63, 3.8) is 0 Å². The molecule has 0 radical (unpaired) electrons. The minimum atomic E-state index is -0.486. The highest BCUT2D eigenvalue weighted by Gasteiger charge is 2.27. The molecule has 0 aliphatic carbocycles. The Labute approximate surface area is 229 Å². The summed E-state index contributed by atoms with van der Waals surface area (Å²) in [7, 11) is 3.95. The van der Waals surface area contributed by atoms with E-state index in [1.807, 2.05) is 51.9 Å². The van der Waals surface area contributed by atoms with Crippen LogP contribution in [0.25, 0.3) is 11.0 Å². The fourth-order valence-corrected chi connectivity index (χ4v) is 4.97. The first-order chi connectivity index (χ1) is 18.5. The van der Waals surface area contributed by atoms with Gasteiger partial charge in [-0.2, -0.15) is 0 Å². The Hall–Kier alpha value is -3.46. The Kier molecular flexibility index (Phi) is 8.90. The van der Waals surface area contributed by atoms with Crippen molar-refractivity contribution in [3.8, 4) is 0 Å². The maximum Gasteiger partial charge on any atom is 0.410 e. The van der Waals surface area contributed by atoms with Gasteiger partial charge in [0.15, 0.2) is 5.58 Å². The lowest BCUT2D eigenvalue weighted by atomic mass is 9.91. The lowest BCUT2D eigenvalue weighted by molar-refractivity contribution is -0.115. The number of halogens is 1. The van der Waals surface area contributed by atoms with Gasteiger partial charge in [-0.1, -0.05) is 11.2 Å².